The van der Waals surface area contributed by atoms with E-state index >= 15 is 0 Å². The van der Waals surface area contributed by atoms with Gasteiger partial charge in [-0.15, -0.1) is 11.8 Å². The first-order valence-corrected chi connectivity index (χ1v) is 8.30. The third-order valence-electron chi connectivity index (χ3n) is 2.34. The summed E-state index contributed by atoms with van der Waals surface area (Å²) in [5.74, 6) is 0.780. The zero-order valence-corrected chi connectivity index (χ0v) is 12.3. The molecular formula is C12H19O5PS. The molecule has 2 N–H and O–H groups in total. The van der Waals surface area contributed by atoms with E-state index in [4.69, 9.17) is 9.63 Å². The lowest BCUT2D eigenvalue weighted by molar-refractivity contribution is 0.0712. The first-order chi connectivity index (χ1) is 9.22. The molecule has 19 heavy (non-hydrogen) atoms. The minimum absolute atomic E-state index is 0.00155. The molecule has 0 aromatic heterocycles. The SMILES string of the molecule is O=[PH](O)OCSCC(CO)COCc1ccccc1. The summed E-state index contributed by atoms with van der Waals surface area (Å²) in [4.78, 5) is 8.48. The van der Waals surface area contributed by atoms with Gasteiger partial charge in [-0.25, -0.2) is 0 Å². The molecule has 108 valence electrons. The fourth-order valence-corrected chi connectivity index (χ4v) is 2.75. The molecule has 0 bridgehead atoms. The van der Waals surface area contributed by atoms with E-state index in [-0.39, 0.29) is 18.5 Å². The van der Waals surface area contributed by atoms with E-state index in [0.717, 1.165) is 5.56 Å². The molecule has 7 heteroatoms. The van der Waals surface area contributed by atoms with Crippen molar-refractivity contribution in [2.45, 2.75) is 6.61 Å². The molecule has 1 rings (SSSR count). The Labute approximate surface area is 117 Å². The van der Waals surface area contributed by atoms with Crippen LogP contribution in [0.4, 0.5) is 0 Å². The average Bonchev–Trinajstić information content (AvgIpc) is 2.42. The van der Waals surface area contributed by atoms with Crippen LogP contribution in [-0.2, 0) is 20.4 Å². The number of benzene rings is 1. The lowest BCUT2D eigenvalue weighted by Crippen LogP contribution is -2.17. The number of rotatable bonds is 10. The monoisotopic (exact) mass is 306 g/mol. The normalized spacial score (nSPS) is 14.2. The fourth-order valence-electron chi connectivity index (χ4n) is 1.38. The zero-order valence-electron chi connectivity index (χ0n) is 10.5. The summed E-state index contributed by atoms with van der Waals surface area (Å²) in [6, 6.07) is 9.81. The van der Waals surface area contributed by atoms with Crippen molar-refractivity contribution in [1.82, 2.24) is 0 Å². The summed E-state index contributed by atoms with van der Waals surface area (Å²) in [7, 11) is -2.86. The predicted octanol–water partition coefficient (Wildman–Crippen LogP) is 1.90. The quantitative estimate of drug-likeness (QED) is 0.391. The Kier molecular flexibility index (Phi) is 9.16. The molecule has 0 aliphatic carbocycles. The van der Waals surface area contributed by atoms with Crippen LogP contribution in [0, 0.1) is 5.92 Å². The van der Waals surface area contributed by atoms with Crippen molar-refractivity contribution in [2.75, 3.05) is 24.9 Å². The third-order valence-corrected chi connectivity index (χ3v) is 3.93. The van der Waals surface area contributed by atoms with Gasteiger partial charge in [-0.2, -0.15) is 0 Å². The highest BCUT2D eigenvalue weighted by Crippen LogP contribution is 2.19. The second-order valence-electron chi connectivity index (χ2n) is 3.95. The van der Waals surface area contributed by atoms with Gasteiger partial charge in [0, 0.05) is 18.3 Å². The van der Waals surface area contributed by atoms with Gasteiger partial charge in [-0.3, -0.25) is 9.09 Å². The molecule has 5 nitrogen and oxygen atoms in total. The van der Waals surface area contributed by atoms with E-state index in [9.17, 15) is 9.67 Å². The van der Waals surface area contributed by atoms with Crippen molar-refractivity contribution < 1.29 is 23.8 Å². The number of thioether (sulfide) groups is 1. The molecule has 0 aliphatic rings. The highest BCUT2D eigenvalue weighted by molar-refractivity contribution is 7.99. The predicted molar refractivity (Wildman–Crippen MR) is 76.3 cm³/mol. The van der Waals surface area contributed by atoms with E-state index < -0.39 is 8.25 Å². The van der Waals surface area contributed by atoms with Gasteiger partial charge in [0.25, 0.3) is 0 Å². The summed E-state index contributed by atoms with van der Waals surface area (Å²) in [6.45, 7) is 0.992. The van der Waals surface area contributed by atoms with Gasteiger partial charge in [0.15, 0.2) is 0 Å². The van der Waals surface area contributed by atoms with Gasteiger partial charge in [0.1, 0.15) is 5.94 Å². The highest BCUT2D eigenvalue weighted by Gasteiger charge is 2.08. The molecule has 2 unspecified atom stereocenters. The summed E-state index contributed by atoms with van der Waals surface area (Å²) in [6.07, 6.45) is 0. The molecule has 0 fully saturated rings. The maximum atomic E-state index is 10.3. The molecule has 0 saturated carbocycles. The van der Waals surface area contributed by atoms with E-state index in [0.29, 0.717) is 19.0 Å². The van der Waals surface area contributed by atoms with Crippen LogP contribution in [0.15, 0.2) is 30.3 Å². The smallest absolute Gasteiger partial charge is 0.317 e. The Hall–Kier alpha value is -0.360. The van der Waals surface area contributed by atoms with Crippen molar-refractivity contribution >= 4 is 20.0 Å². The van der Waals surface area contributed by atoms with Crippen LogP contribution in [0.2, 0.25) is 0 Å². The Bertz CT molecular complexity index is 362. The van der Waals surface area contributed by atoms with Gasteiger partial charge in [-0.05, 0) is 5.56 Å². The number of aliphatic hydroxyl groups excluding tert-OH is 1. The largest absolute Gasteiger partial charge is 0.396 e. The summed E-state index contributed by atoms with van der Waals surface area (Å²) >= 11 is 1.36. The van der Waals surface area contributed by atoms with Crippen LogP contribution in [0.1, 0.15) is 5.56 Å². The number of hydrogen-bond donors (Lipinski definition) is 2. The van der Waals surface area contributed by atoms with Crippen LogP contribution < -0.4 is 0 Å². The topological polar surface area (TPSA) is 76.0 Å². The van der Waals surface area contributed by atoms with Crippen molar-refractivity contribution in [3.63, 3.8) is 0 Å². The standard InChI is InChI=1S/C12H19O5PS/c13-6-12(9-19-10-17-18(14)15)8-16-7-11-4-2-1-3-5-11/h1-5,12-13,18H,6-10H2,(H,14,15). The van der Waals surface area contributed by atoms with Gasteiger partial charge >= 0.3 is 8.25 Å². The van der Waals surface area contributed by atoms with Gasteiger partial charge in [-0.1, -0.05) is 30.3 Å². The number of ether oxygens (including phenoxy) is 1. The molecule has 0 saturated heterocycles. The first-order valence-electron chi connectivity index (χ1n) is 5.88. The van der Waals surface area contributed by atoms with Gasteiger partial charge in [0.2, 0.25) is 0 Å². The van der Waals surface area contributed by atoms with E-state index in [1.54, 1.807) is 0 Å². The Morgan fingerprint density at radius 2 is 2.05 bits per heavy atom. The van der Waals surface area contributed by atoms with E-state index in [2.05, 4.69) is 4.52 Å². The summed E-state index contributed by atoms with van der Waals surface area (Å²) < 4.78 is 20.4. The first kappa shape index (κ1) is 16.7. The van der Waals surface area contributed by atoms with Crippen LogP contribution in [-0.4, -0.2) is 34.9 Å². The van der Waals surface area contributed by atoms with E-state index in [1.165, 1.54) is 11.8 Å². The average molecular weight is 306 g/mol. The third kappa shape index (κ3) is 8.42. The Morgan fingerprint density at radius 3 is 2.68 bits per heavy atom. The highest BCUT2D eigenvalue weighted by atomic mass is 32.2. The lowest BCUT2D eigenvalue weighted by atomic mass is 10.2. The van der Waals surface area contributed by atoms with Crippen LogP contribution >= 0.6 is 20.0 Å². The molecule has 1 aromatic rings. The van der Waals surface area contributed by atoms with Crippen molar-refractivity contribution in [3.8, 4) is 0 Å². The Morgan fingerprint density at radius 1 is 1.32 bits per heavy atom. The van der Waals surface area contributed by atoms with Crippen molar-refractivity contribution in [2.24, 2.45) is 5.92 Å². The minimum atomic E-state index is -2.86. The maximum Gasteiger partial charge on any atom is 0.317 e. The Balaban J connectivity index is 2.13. The fraction of sp³-hybridized carbons (Fsp3) is 0.500. The number of hydrogen-bond acceptors (Lipinski definition) is 5. The molecule has 0 radical (unpaired) electrons. The van der Waals surface area contributed by atoms with Gasteiger partial charge in [0.05, 0.1) is 13.2 Å². The van der Waals surface area contributed by atoms with Crippen LogP contribution in [0.5, 0.6) is 0 Å². The second-order valence-corrected chi connectivity index (χ2v) is 5.75. The molecule has 0 spiro atoms. The minimum Gasteiger partial charge on any atom is -0.396 e. The molecule has 2 atom stereocenters. The molecule has 0 amide bonds. The van der Waals surface area contributed by atoms with Gasteiger partial charge < -0.3 is 14.7 Å². The second kappa shape index (κ2) is 10.4. The summed E-state index contributed by atoms with van der Waals surface area (Å²) in [5.41, 5.74) is 1.09. The number of aliphatic hydroxyl groups is 1. The van der Waals surface area contributed by atoms with Crippen molar-refractivity contribution in [1.29, 1.82) is 0 Å². The molecule has 0 aliphatic heterocycles. The van der Waals surface area contributed by atoms with Crippen LogP contribution in [0.25, 0.3) is 0 Å². The molecule has 1 aromatic carbocycles. The molecular weight excluding hydrogens is 287 g/mol. The molecule has 0 heterocycles. The zero-order chi connectivity index (χ0) is 13.9. The van der Waals surface area contributed by atoms with E-state index in [1.807, 2.05) is 30.3 Å². The lowest BCUT2D eigenvalue weighted by Gasteiger charge is -2.14. The van der Waals surface area contributed by atoms with Crippen molar-refractivity contribution in [3.05, 3.63) is 35.9 Å². The summed E-state index contributed by atoms with van der Waals surface area (Å²) in [5, 5.41) is 9.19. The van der Waals surface area contributed by atoms with Crippen LogP contribution in [0.3, 0.4) is 0 Å². The maximum absolute atomic E-state index is 10.3.